The largest absolute Gasteiger partial charge is 0.529 e. The molecule has 0 spiro atoms. The van der Waals surface area contributed by atoms with E-state index >= 15 is 9.59 Å². The third-order valence-electron chi connectivity index (χ3n) is 12.1. The molecule has 8 aromatic rings. The summed E-state index contributed by atoms with van der Waals surface area (Å²) in [4.78, 5) is 31.4. The van der Waals surface area contributed by atoms with Crippen LogP contribution in [0.1, 0.15) is 44.3 Å². The minimum atomic E-state index is -3.52. The summed E-state index contributed by atoms with van der Waals surface area (Å²) in [6.45, 7) is 2.08. The highest BCUT2D eigenvalue weighted by Gasteiger charge is 2.51. The highest BCUT2D eigenvalue weighted by molar-refractivity contribution is 7.08. The zero-order chi connectivity index (χ0) is 42.1. The van der Waals surface area contributed by atoms with E-state index in [4.69, 9.17) is 8.85 Å². The second-order valence-electron chi connectivity index (χ2n) is 15.6. The summed E-state index contributed by atoms with van der Waals surface area (Å²) >= 11 is 0. The van der Waals surface area contributed by atoms with Crippen molar-refractivity contribution in [1.82, 2.24) is 0 Å². The minimum absolute atomic E-state index is 0.220. The van der Waals surface area contributed by atoms with Crippen molar-refractivity contribution in [3.63, 3.8) is 0 Å². The van der Waals surface area contributed by atoms with Gasteiger partial charge in [0.1, 0.15) is 11.5 Å². The van der Waals surface area contributed by atoms with Gasteiger partial charge in [0.15, 0.2) is 11.6 Å². The monoisotopic (exact) mass is 834 g/mol. The van der Waals surface area contributed by atoms with E-state index in [2.05, 4.69) is 79.7 Å². The van der Waals surface area contributed by atoms with Crippen molar-refractivity contribution in [2.75, 3.05) is 0 Å². The van der Waals surface area contributed by atoms with Crippen LogP contribution in [0.3, 0.4) is 0 Å². The lowest BCUT2D eigenvalue weighted by molar-refractivity contribution is 0.0988. The smallest absolute Gasteiger partial charge is 0.346 e. The second kappa shape index (κ2) is 16.2. The fourth-order valence-electron chi connectivity index (χ4n) is 9.18. The molecular weight excluding hydrogens is 793 g/mol. The van der Waals surface area contributed by atoms with Crippen LogP contribution in [-0.2, 0) is 15.3 Å². The zero-order valence-electron chi connectivity index (χ0n) is 34.2. The van der Waals surface area contributed by atoms with Crippen LogP contribution in [0.2, 0.25) is 0 Å². The molecule has 0 aliphatic heterocycles. The Morgan fingerprint density at radius 2 is 0.629 bits per heavy atom. The molecule has 2 aliphatic carbocycles. The highest BCUT2D eigenvalue weighted by Crippen LogP contribution is 2.46. The van der Waals surface area contributed by atoms with Crippen molar-refractivity contribution < 1.29 is 18.4 Å². The van der Waals surface area contributed by atoms with Gasteiger partial charge in [-0.25, -0.2) is 0 Å². The van der Waals surface area contributed by atoms with Crippen LogP contribution in [0.5, 0.6) is 0 Å². The Kier molecular flexibility index (Phi) is 10.2. The molecule has 0 heterocycles. The van der Waals surface area contributed by atoms with E-state index in [1.165, 1.54) is 0 Å². The molecule has 0 saturated heterocycles. The van der Waals surface area contributed by atoms with Gasteiger partial charge in [0.25, 0.3) is 0 Å². The minimum Gasteiger partial charge on any atom is -0.529 e. The predicted molar refractivity (Wildman–Crippen MR) is 255 cm³/mol. The Bertz CT molecular complexity index is 2810. The number of carbonyl (C=O) groups excluding carboxylic acids is 2. The van der Waals surface area contributed by atoms with Crippen LogP contribution in [-0.4, -0.2) is 28.2 Å². The van der Waals surface area contributed by atoms with Crippen LogP contribution < -0.4 is 31.1 Å². The Morgan fingerprint density at radius 1 is 0.339 bits per heavy atom. The van der Waals surface area contributed by atoms with Crippen LogP contribution in [0, 0.1) is 0 Å². The molecule has 0 aromatic heterocycles. The number of Topliss-reactive ketones (excluding diaryl/α,β-unsaturated/α-hetero) is 2. The van der Waals surface area contributed by atoms with Gasteiger partial charge in [0.05, 0.1) is 11.1 Å². The molecule has 0 unspecified atom stereocenters. The summed E-state index contributed by atoms with van der Waals surface area (Å²) in [5.74, 6) is 0.218. The third-order valence-corrected chi connectivity index (χ3v) is 20.0. The van der Waals surface area contributed by atoms with Gasteiger partial charge in [-0.2, -0.15) is 0 Å². The average Bonchev–Trinajstić information content (AvgIpc) is 3.35. The van der Waals surface area contributed by atoms with Crippen molar-refractivity contribution >= 4 is 70.8 Å². The summed E-state index contributed by atoms with van der Waals surface area (Å²) in [5, 5.41) is 6.02. The molecular formula is C56H42O4Si2. The predicted octanol–water partition coefficient (Wildman–Crippen LogP) is 8.13. The SMILES string of the molecule is CCc1ccc2c(c1)C(=O)C1=C(O[Si](c3ccccc3)(c3ccccc3)c3ccccc3)c3ccccc3C(=O)C1=C2O[Si](c1ccccc1)(c1ccccc1)c1ccccc1. The molecule has 0 bridgehead atoms. The number of hydrogen-bond donors (Lipinski definition) is 0. The normalized spacial score (nSPS) is 13.6. The van der Waals surface area contributed by atoms with Crippen molar-refractivity contribution in [2.24, 2.45) is 0 Å². The average molecular weight is 835 g/mol. The number of hydrogen-bond acceptors (Lipinski definition) is 4. The molecule has 0 N–H and O–H groups in total. The maximum atomic E-state index is 15.7. The number of carbonyl (C=O) groups is 2. The summed E-state index contributed by atoms with van der Waals surface area (Å²) < 4.78 is 15.9. The lowest BCUT2D eigenvalue weighted by Crippen LogP contribution is -2.69. The Balaban J connectivity index is 1.34. The molecule has 0 saturated carbocycles. The topological polar surface area (TPSA) is 52.6 Å². The van der Waals surface area contributed by atoms with Gasteiger partial charge in [-0.15, -0.1) is 0 Å². The first-order valence-electron chi connectivity index (χ1n) is 21.1. The van der Waals surface area contributed by atoms with Crippen molar-refractivity contribution in [2.45, 2.75) is 13.3 Å². The van der Waals surface area contributed by atoms with Crippen LogP contribution in [0.15, 0.2) is 236 Å². The first-order valence-corrected chi connectivity index (χ1v) is 24.9. The molecule has 6 heteroatoms. The zero-order valence-corrected chi connectivity index (χ0v) is 36.2. The van der Waals surface area contributed by atoms with E-state index < -0.39 is 16.6 Å². The van der Waals surface area contributed by atoms with Gasteiger partial charge in [-0.3, -0.25) is 9.59 Å². The van der Waals surface area contributed by atoms with Gasteiger partial charge in [0, 0.05) is 22.3 Å². The van der Waals surface area contributed by atoms with E-state index in [1.54, 1.807) is 0 Å². The molecule has 298 valence electrons. The first kappa shape index (κ1) is 38.8. The fourth-order valence-corrected chi connectivity index (χ4v) is 16.9. The summed E-state index contributed by atoms with van der Waals surface area (Å²) in [6, 6.07) is 75.5. The van der Waals surface area contributed by atoms with Crippen molar-refractivity contribution in [3.05, 3.63) is 263 Å². The van der Waals surface area contributed by atoms with Crippen molar-refractivity contribution in [1.29, 1.82) is 0 Å². The quantitative estimate of drug-likeness (QED) is 0.0977. The van der Waals surface area contributed by atoms with Crippen LogP contribution >= 0.6 is 0 Å². The highest BCUT2D eigenvalue weighted by atomic mass is 28.4. The first-order chi connectivity index (χ1) is 30.5. The lowest BCUT2D eigenvalue weighted by atomic mass is 9.76. The summed E-state index contributed by atoms with van der Waals surface area (Å²) in [7, 11) is -7.04. The number of ketones is 2. The molecule has 0 atom stereocenters. The number of aryl methyl sites for hydroxylation is 1. The van der Waals surface area contributed by atoms with Gasteiger partial charge >= 0.3 is 16.6 Å². The summed E-state index contributed by atoms with van der Waals surface area (Å²) in [6.07, 6.45) is 0.722. The third kappa shape index (κ3) is 6.35. The van der Waals surface area contributed by atoms with Gasteiger partial charge < -0.3 is 8.85 Å². The van der Waals surface area contributed by atoms with Gasteiger partial charge in [0.2, 0.25) is 0 Å². The van der Waals surface area contributed by atoms with E-state index in [-0.39, 0.29) is 22.7 Å². The second-order valence-corrected chi connectivity index (χ2v) is 22.2. The Labute approximate surface area is 364 Å². The molecule has 0 amide bonds. The molecule has 0 fully saturated rings. The molecule has 10 rings (SSSR count). The van der Waals surface area contributed by atoms with Crippen LogP contribution in [0.4, 0.5) is 0 Å². The van der Waals surface area contributed by atoms with Gasteiger partial charge in [-0.1, -0.05) is 225 Å². The maximum Gasteiger partial charge on any atom is 0.346 e. The van der Waals surface area contributed by atoms with E-state index in [9.17, 15) is 0 Å². The molecule has 0 radical (unpaired) electrons. The Morgan fingerprint density at radius 3 is 0.968 bits per heavy atom. The van der Waals surface area contributed by atoms with E-state index in [0.29, 0.717) is 33.8 Å². The standard InChI is InChI=1S/C56H42O4Si2/c1-2-40-37-38-49-50(39-40)54(58)52-51(56(49)60-62(44-29-15-6-16-30-44,45-31-17-7-18-32-45)46-33-19-8-20-34-46)53(57)47-35-21-22-36-48(47)55(52)59-61(41-23-9-3-10-24-41,42-25-11-4-12-26-42)43-27-13-5-14-28-43/h3-39H,2H2,1H3. The fraction of sp³-hybridized carbons (Fsp3) is 0.0357. The van der Waals surface area contributed by atoms with Crippen LogP contribution in [0.25, 0.3) is 11.5 Å². The Hall–Kier alpha value is -7.39. The number of fused-ring (bicyclic) bond motifs is 3. The molecule has 4 nitrogen and oxygen atoms in total. The molecule has 8 aromatic carbocycles. The van der Waals surface area contributed by atoms with Crippen molar-refractivity contribution in [3.8, 4) is 0 Å². The van der Waals surface area contributed by atoms with Gasteiger partial charge in [-0.05, 0) is 49.2 Å². The summed E-state index contributed by atoms with van der Waals surface area (Å²) in [5.41, 5.74) is 3.55. The number of rotatable bonds is 11. The molecule has 2 aliphatic rings. The maximum absolute atomic E-state index is 15.7. The molecule has 62 heavy (non-hydrogen) atoms. The number of benzene rings is 8. The van der Waals surface area contributed by atoms with E-state index in [0.717, 1.165) is 43.1 Å². The van der Waals surface area contributed by atoms with E-state index in [1.807, 2.05) is 152 Å². The number of allylic oxidation sites excluding steroid dienone is 2. The lowest BCUT2D eigenvalue weighted by Gasteiger charge is -2.40.